The van der Waals surface area contributed by atoms with Crippen LogP contribution >= 0.6 is 0 Å². The van der Waals surface area contributed by atoms with E-state index in [1.54, 1.807) is 81.3 Å². The molecule has 0 amide bonds. The largest absolute Gasteiger partial charge is 1.00 e. The summed E-state index contributed by atoms with van der Waals surface area (Å²) < 4.78 is 128. The summed E-state index contributed by atoms with van der Waals surface area (Å²) in [5.41, 5.74) is 7.41. The minimum absolute atomic E-state index is 0. The van der Waals surface area contributed by atoms with Crippen molar-refractivity contribution in [1.82, 2.24) is 38.2 Å². The van der Waals surface area contributed by atoms with Gasteiger partial charge in [-0.1, -0.05) is 140 Å². The fourth-order valence-corrected chi connectivity index (χ4v) is 23.1. The molecule has 9 heterocycles. The third kappa shape index (κ3) is 24.6. The van der Waals surface area contributed by atoms with E-state index in [2.05, 4.69) is 122 Å². The summed E-state index contributed by atoms with van der Waals surface area (Å²) in [6.07, 6.45) is 31.2. The van der Waals surface area contributed by atoms with Crippen LogP contribution in [-0.4, -0.2) is 155 Å². The molecule has 4 aliphatic carbocycles. The van der Waals surface area contributed by atoms with E-state index in [9.17, 15) is 37.0 Å². The third-order valence-corrected chi connectivity index (χ3v) is 42.6. The van der Waals surface area contributed by atoms with E-state index in [1.165, 1.54) is 37.1 Å². The summed E-state index contributed by atoms with van der Waals surface area (Å²) in [7, 11) is -4.38. The number of carbonyl (C=O) groups is 1. The van der Waals surface area contributed by atoms with Gasteiger partial charge in [0.2, 0.25) is 0 Å². The van der Waals surface area contributed by atoms with Gasteiger partial charge in [-0.15, -0.1) is 0 Å². The average Bonchev–Trinajstić information content (AvgIpc) is 1.61. The average molecular weight is 1810 g/mol. The fourth-order valence-electron chi connectivity index (χ4n) is 18.8. The summed E-state index contributed by atoms with van der Waals surface area (Å²) in [6.45, 7) is 38.3. The van der Waals surface area contributed by atoms with Gasteiger partial charge in [0.25, 0.3) is 0 Å². The monoisotopic (exact) mass is 1810 g/mol. The minimum Gasteiger partial charge on any atom is -1.00 e. The number of halogens is 6. The molecule has 3 radical (unpaired) electrons. The Morgan fingerprint density at radius 2 is 0.802 bits per heavy atom. The zero-order chi connectivity index (χ0) is 89.4. The number of aliphatic hydroxyl groups excluding tert-OH is 3. The van der Waals surface area contributed by atoms with E-state index in [0.717, 1.165) is 130 Å². The van der Waals surface area contributed by atoms with Crippen molar-refractivity contribution in [1.29, 1.82) is 0 Å². The maximum atomic E-state index is 15.7. The maximum Gasteiger partial charge on any atom is 1.00 e. The number of hydrogen-bond donors (Lipinski definition) is 3. The predicted molar refractivity (Wildman–Crippen MR) is 502 cm³/mol. The number of imidazole rings is 4. The molecule has 5 atom stereocenters. The molecule has 691 valence electrons. The van der Waals surface area contributed by atoms with E-state index in [4.69, 9.17) is 24.5 Å². The fraction of sp³-hybridized carbons (Fsp3) is 0.626. The second-order valence-electron chi connectivity index (χ2n) is 39.9. The Kier molecular flexibility index (Phi) is 38.0. The minimum atomic E-state index is -1.83. The molecule has 8 aromatic rings. The van der Waals surface area contributed by atoms with E-state index in [-0.39, 0.29) is 153 Å². The molecule has 5 aliphatic heterocycles. The molecule has 0 bridgehead atoms. The van der Waals surface area contributed by atoms with Crippen LogP contribution in [-0.2, 0) is 22.8 Å². The number of alkyl halides is 2. The molecular weight excluding hydrogens is 1660 g/mol. The second-order valence-corrected chi connectivity index (χ2v) is 54.1. The van der Waals surface area contributed by atoms with Gasteiger partial charge in [-0.2, -0.15) is 0 Å². The first-order chi connectivity index (χ1) is 58.2. The number of aliphatic hydroxyl groups is 3. The van der Waals surface area contributed by atoms with E-state index in [0.29, 0.717) is 112 Å². The first kappa shape index (κ1) is 106. The number of fused-ring (bicyclic) bond motifs is 12. The van der Waals surface area contributed by atoms with Crippen LogP contribution in [0.15, 0.2) is 123 Å². The molecule has 16 nitrogen and oxygen atoms in total. The molecule has 1 saturated heterocycles. The van der Waals surface area contributed by atoms with Gasteiger partial charge in [0.15, 0.2) is 25.0 Å². The predicted octanol–water partition coefficient (Wildman–Crippen LogP) is 22.6. The van der Waals surface area contributed by atoms with Crippen LogP contribution in [0, 0.1) is 35.1 Å². The van der Waals surface area contributed by atoms with Crippen LogP contribution in [0.2, 0.25) is 54.4 Å². The number of ether oxygens (including phenoxy) is 1. The summed E-state index contributed by atoms with van der Waals surface area (Å²) in [4.78, 5) is 30.0. The quantitative estimate of drug-likeness (QED) is 0.0546. The van der Waals surface area contributed by atoms with Crippen molar-refractivity contribution in [2.45, 2.75) is 366 Å². The zero-order valence-electron chi connectivity index (χ0n) is 79.3. The number of rotatable bonds is 18. The summed E-state index contributed by atoms with van der Waals surface area (Å²) in [5.74, 6) is -0.343. The Hall–Kier alpha value is -5.59. The number of nitrogens with zero attached hydrogens (tertiary/aromatic N) is 8. The van der Waals surface area contributed by atoms with Crippen LogP contribution < -0.4 is 29.6 Å². The van der Waals surface area contributed by atoms with Gasteiger partial charge >= 0.3 is 29.6 Å². The molecule has 126 heavy (non-hydrogen) atoms. The summed E-state index contributed by atoms with van der Waals surface area (Å²) in [6, 6.07) is 19.7. The van der Waals surface area contributed by atoms with E-state index < -0.39 is 42.4 Å². The SMILES string of the molecule is C.C.C1CCOC1.CC(C)(C)[Si](C)(C)OC1CCC(C(=O)CC2c3c(F)cccc3-c3cncn32)CC1.CC(C)(C)[Si](C)(C)OC1CCC(C(O)CC2c3c(F)cccc3-c3cncn32)CC1.CC(C)(C)[Si](C)(C)OC1CCC(F)(CCC2c3c(F)cccc3-c3cncn32)CC1.CO.OC1CCC(F)(CCC2c3c(F)cccc3-c3cncn32)CC1.[2H]CC.[B].[H-].[Na+]. The smallest absolute Gasteiger partial charge is 1.00 e. The molecule has 9 aliphatic rings. The van der Waals surface area contributed by atoms with E-state index in [1.807, 2.05) is 42.5 Å². The Morgan fingerprint density at radius 3 is 1.13 bits per heavy atom. The Bertz CT molecular complexity index is 4760. The second kappa shape index (κ2) is 45.2. The number of ketones is 1. The van der Waals surface area contributed by atoms with Gasteiger partial charge in [-0.3, -0.25) is 4.79 Å². The van der Waals surface area contributed by atoms with Crippen molar-refractivity contribution in [3.63, 3.8) is 0 Å². The standard InChI is InChI=1S/C24H34F2N2OSi.C24H35FN2O2Si.C24H33FN2O2Si.C18H20F2N2O.C4H8O.C2H6.CH4O.2CH4.B.Na.H/c1-23(2,3)30(4,5)29-17-9-12-24(26,13-10-17)14-11-20-22-18(7-6-8-19(22)25)21-15-27-16-28(20)21;2*1-24(2,3)30(4,5)29-17-11-9-16(10-12-17)22(28)13-20-23-18(7-6-8-19(23)25)21-14-26-15-27(20)21;19-14-3-1-2-13-16-10-21-11-22(16)15(17(13)14)6-9-18(20)7-4-12(23)5-8-18;1-2-4-5-3-1;2*1-2;;;;;/h6-8,15-17,20H,9-14H2,1-5H3;6-8,14-17,20,22,28H,9-13H2,1-5H3;6-8,14-17,20H,9-13H2,1-5H3;1-3,10-12,15,23H,4-9H2;1-4H2;1-2H3;2H,1H3;2*1H4;;;/q;;;;;;;;;;+1;-1/i;;;;;1D;;;;;;. The Morgan fingerprint density at radius 1 is 0.508 bits per heavy atom. The summed E-state index contributed by atoms with van der Waals surface area (Å²) >= 11 is 0. The molecule has 3 N–H and O–H groups in total. The molecule has 4 saturated carbocycles. The molecule has 4 aromatic heterocycles. The van der Waals surface area contributed by atoms with Crippen molar-refractivity contribution >= 4 is 39.1 Å². The van der Waals surface area contributed by atoms with Gasteiger partial charge in [-0.25, -0.2) is 46.3 Å². The topological polar surface area (TPSA) is 186 Å². The number of hydrogen-bond acceptors (Lipinski definition) is 12. The maximum absolute atomic E-state index is 15.7. The van der Waals surface area contributed by atoms with Crippen LogP contribution in [0.5, 0.6) is 0 Å². The van der Waals surface area contributed by atoms with Gasteiger partial charge in [0.05, 0.1) is 109 Å². The van der Waals surface area contributed by atoms with Gasteiger partial charge < -0.3 is 53.0 Å². The van der Waals surface area contributed by atoms with Crippen molar-refractivity contribution in [2.75, 3.05) is 20.3 Å². The first-order valence-electron chi connectivity index (χ1n) is 45.7. The summed E-state index contributed by atoms with van der Waals surface area (Å²) in [5, 5.41) is 28.2. The van der Waals surface area contributed by atoms with Gasteiger partial charge in [0.1, 0.15) is 40.4 Å². The third-order valence-electron chi connectivity index (χ3n) is 28.9. The number of Topliss-reactive ketones (excluding diaryl/α,β-unsaturated/α-hetero) is 1. The molecule has 5 unspecified atom stereocenters. The van der Waals surface area contributed by atoms with Crippen molar-refractivity contribution in [3.8, 4) is 45.0 Å². The van der Waals surface area contributed by atoms with Crippen LogP contribution in [0.1, 0.15) is 294 Å². The molecule has 27 heteroatoms. The van der Waals surface area contributed by atoms with Gasteiger partial charge in [-0.05, 0) is 232 Å². The van der Waals surface area contributed by atoms with Crippen molar-refractivity contribution < 1.29 is 96.8 Å². The number of carbonyl (C=O) groups excluding carboxylic acids is 1. The van der Waals surface area contributed by atoms with Crippen LogP contribution in [0.4, 0.5) is 26.3 Å². The normalized spacial score (nSPS) is 24.5. The van der Waals surface area contributed by atoms with Crippen molar-refractivity contribution in [3.05, 3.63) is 168 Å². The number of benzene rings is 4. The van der Waals surface area contributed by atoms with Crippen LogP contribution in [0.25, 0.3) is 45.0 Å². The zero-order valence-corrected chi connectivity index (χ0v) is 82.3. The molecule has 0 spiro atoms. The first-order valence-corrected chi connectivity index (χ1v) is 53.7. The van der Waals surface area contributed by atoms with Crippen LogP contribution in [0.3, 0.4) is 0 Å². The molecule has 5 fully saturated rings. The van der Waals surface area contributed by atoms with E-state index >= 15 is 4.39 Å². The molecule has 4 aromatic carbocycles. The van der Waals surface area contributed by atoms with Gasteiger partial charge in [0, 0.05) is 105 Å². The Balaban J connectivity index is 0.000000251. The molecular formula is C99H149BF6N8NaO8Si3. The number of aromatic nitrogens is 8. The van der Waals surface area contributed by atoms with Crippen molar-refractivity contribution in [2.24, 2.45) is 11.8 Å². The Labute approximate surface area is 780 Å². The molecule has 17 rings (SSSR count).